The molecule has 1 amide bonds. The first kappa shape index (κ1) is 20.4. The lowest BCUT2D eigenvalue weighted by Gasteiger charge is -2.30. The lowest BCUT2D eigenvalue weighted by molar-refractivity contribution is 0.0951. The molecule has 5 heteroatoms. The Morgan fingerprint density at radius 3 is 2.43 bits per heavy atom. The third kappa shape index (κ3) is 5.57. The molecule has 1 fully saturated rings. The Bertz CT molecular complexity index is 932. The number of amides is 1. The van der Waals surface area contributed by atoms with Gasteiger partial charge in [-0.3, -0.25) is 9.69 Å². The Kier molecular flexibility index (Phi) is 6.60. The molecule has 1 N–H and O–H groups in total. The van der Waals surface area contributed by atoms with Crippen LogP contribution in [0.3, 0.4) is 0 Å². The Hall–Kier alpha value is -2.92. The van der Waals surface area contributed by atoms with E-state index in [0.29, 0.717) is 12.1 Å². The molecule has 30 heavy (non-hydrogen) atoms. The van der Waals surface area contributed by atoms with Gasteiger partial charge >= 0.3 is 0 Å². The van der Waals surface area contributed by atoms with Gasteiger partial charge in [-0.05, 0) is 54.1 Å². The highest BCUT2D eigenvalue weighted by molar-refractivity contribution is 5.94. The largest absolute Gasteiger partial charge is 0.348 e. The highest BCUT2D eigenvalue weighted by Crippen LogP contribution is 2.18. The number of likely N-dealkylation sites (tertiary alicyclic amines) is 1. The average Bonchev–Trinajstić information content (AvgIpc) is 3.27. The van der Waals surface area contributed by atoms with Crippen molar-refractivity contribution in [1.29, 1.82) is 0 Å². The molecule has 0 aliphatic carbocycles. The summed E-state index contributed by atoms with van der Waals surface area (Å²) in [5.74, 6) is 0.753. The van der Waals surface area contributed by atoms with Crippen molar-refractivity contribution in [1.82, 2.24) is 19.8 Å². The van der Waals surface area contributed by atoms with Crippen LogP contribution >= 0.6 is 0 Å². The maximum atomic E-state index is 12.5. The van der Waals surface area contributed by atoms with E-state index in [2.05, 4.69) is 46.4 Å². The van der Waals surface area contributed by atoms with Gasteiger partial charge in [-0.1, -0.05) is 43.3 Å². The van der Waals surface area contributed by atoms with Gasteiger partial charge in [0.2, 0.25) is 0 Å². The Morgan fingerprint density at radius 1 is 1.03 bits per heavy atom. The zero-order valence-electron chi connectivity index (χ0n) is 17.6. The first-order chi connectivity index (χ1) is 14.7. The van der Waals surface area contributed by atoms with Crippen LogP contribution in [0.1, 0.15) is 46.8 Å². The summed E-state index contributed by atoms with van der Waals surface area (Å²) in [4.78, 5) is 19.1. The van der Waals surface area contributed by atoms with Crippen molar-refractivity contribution in [2.75, 3.05) is 13.1 Å². The highest BCUT2D eigenvalue weighted by atomic mass is 16.1. The van der Waals surface area contributed by atoms with Gasteiger partial charge in [-0.25, -0.2) is 4.98 Å². The van der Waals surface area contributed by atoms with E-state index in [4.69, 9.17) is 0 Å². The molecule has 5 nitrogen and oxygen atoms in total. The molecule has 1 aromatic heterocycles. The Morgan fingerprint density at radius 2 is 1.73 bits per heavy atom. The van der Waals surface area contributed by atoms with E-state index in [1.54, 1.807) is 12.5 Å². The second-order valence-corrected chi connectivity index (χ2v) is 8.41. The number of piperidine rings is 1. The standard InChI is InChI=1S/C25H30N4O/c1-20-3-2-13-28(16-20)17-22-6-4-21(5-7-22)15-27-25(30)24-10-8-23(9-11-24)18-29-14-12-26-19-29/h4-12,14,19-20H,2-3,13,15-18H2,1H3,(H,27,30). The van der Waals surface area contributed by atoms with Crippen LogP contribution in [-0.4, -0.2) is 33.4 Å². The van der Waals surface area contributed by atoms with Gasteiger partial charge in [-0.2, -0.15) is 0 Å². The summed E-state index contributed by atoms with van der Waals surface area (Å²) in [7, 11) is 0. The Balaban J connectivity index is 1.26. The first-order valence-corrected chi connectivity index (χ1v) is 10.8. The quantitative estimate of drug-likeness (QED) is 0.647. The van der Waals surface area contributed by atoms with E-state index in [0.717, 1.165) is 30.1 Å². The number of hydrogen-bond acceptors (Lipinski definition) is 3. The molecule has 1 unspecified atom stereocenters. The number of carbonyl (C=O) groups excluding carboxylic acids is 1. The molecule has 0 radical (unpaired) electrons. The van der Waals surface area contributed by atoms with E-state index < -0.39 is 0 Å². The van der Waals surface area contributed by atoms with Gasteiger partial charge in [0, 0.05) is 44.1 Å². The molecule has 2 aromatic carbocycles. The molecule has 4 rings (SSSR count). The fourth-order valence-electron chi connectivity index (χ4n) is 4.09. The SMILES string of the molecule is CC1CCCN(Cc2ccc(CNC(=O)c3ccc(Cn4ccnc4)cc3)cc2)C1. The molecule has 0 spiro atoms. The highest BCUT2D eigenvalue weighted by Gasteiger charge is 2.16. The van der Waals surface area contributed by atoms with Crippen molar-refractivity contribution in [3.63, 3.8) is 0 Å². The van der Waals surface area contributed by atoms with Crippen molar-refractivity contribution < 1.29 is 4.79 Å². The molecular weight excluding hydrogens is 372 g/mol. The summed E-state index contributed by atoms with van der Waals surface area (Å²) in [5, 5.41) is 3.02. The summed E-state index contributed by atoms with van der Waals surface area (Å²) < 4.78 is 2.00. The van der Waals surface area contributed by atoms with E-state index in [9.17, 15) is 4.79 Å². The van der Waals surface area contributed by atoms with Crippen LogP contribution in [0.4, 0.5) is 0 Å². The fraction of sp³-hybridized carbons (Fsp3) is 0.360. The molecule has 1 saturated heterocycles. The number of aromatic nitrogens is 2. The topological polar surface area (TPSA) is 50.2 Å². The predicted octanol–water partition coefficient (Wildman–Crippen LogP) is 4.09. The number of carbonyl (C=O) groups is 1. The van der Waals surface area contributed by atoms with Gasteiger partial charge in [0.05, 0.1) is 6.33 Å². The first-order valence-electron chi connectivity index (χ1n) is 10.8. The van der Waals surface area contributed by atoms with Crippen LogP contribution in [0.2, 0.25) is 0 Å². The molecule has 3 aromatic rings. The molecule has 1 aliphatic rings. The molecule has 0 bridgehead atoms. The summed E-state index contributed by atoms with van der Waals surface area (Å²) in [6.07, 6.45) is 8.14. The summed E-state index contributed by atoms with van der Waals surface area (Å²) in [6, 6.07) is 16.4. The Labute approximate surface area is 178 Å². The summed E-state index contributed by atoms with van der Waals surface area (Å²) >= 11 is 0. The minimum Gasteiger partial charge on any atom is -0.348 e. The fourth-order valence-corrected chi connectivity index (χ4v) is 4.09. The second-order valence-electron chi connectivity index (χ2n) is 8.41. The van der Waals surface area contributed by atoms with Crippen molar-refractivity contribution >= 4 is 5.91 Å². The number of hydrogen-bond donors (Lipinski definition) is 1. The van der Waals surface area contributed by atoms with Crippen LogP contribution in [-0.2, 0) is 19.6 Å². The average molecular weight is 403 g/mol. The van der Waals surface area contributed by atoms with Gasteiger partial charge < -0.3 is 9.88 Å². The zero-order valence-corrected chi connectivity index (χ0v) is 17.6. The maximum absolute atomic E-state index is 12.5. The number of nitrogens with zero attached hydrogens (tertiary/aromatic N) is 3. The van der Waals surface area contributed by atoms with Gasteiger partial charge in [0.15, 0.2) is 0 Å². The number of nitrogens with one attached hydrogen (secondary N) is 1. The van der Waals surface area contributed by atoms with Crippen molar-refractivity contribution in [3.8, 4) is 0 Å². The summed E-state index contributed by atoms with van der Waals surface area (Å²) in [6.45, 7) is 7.04. The second kappa shape index (κ2) is 9.72. The predicted molar refractivity (Wildman–Crippen MR) is 119 cm³/mol. The minimum absolute atomic E-state index is 0.0458. The third-order valence-corrected chi connectivity index (χ3v) is 5.76. The molecule has 1 aliphatic heterocycles. The van der Waals surface area contributed by atoms with E-state index >= 15 is 0 Å². The zero-order chi connectivity index (χ0) is 20.8. The van der Waals surface area contributed by atoms with E-state index in [1.807, 2.05) is 35.0 Å². The van der Waals surface area contributed by atoms with Crippen LogP contribution in [0, 0.1) is 5.92 Å². The lowest BCUT2D eigenvalue weighted by atomic mass is 9.99. The van der Waals surface area contributed by atoms with Crippen LogP contribution in [0.5, 0.6) is 0 Å². The van der Waals surface area contributed by atoms with Gasteiger partial charge in [-0.15, -0.1) is 0 Å². The molecule has 156 valence electrons. The van der Waals surface area contributed by atoms with Crippen LogP contribution in [0.25, 0.3) is 0 Å². The van der Waals surface area contributed by atoms with Crippen LogP contribution < -0.4 is 5.32 Å². The van der Waals surface area contributed by atoms with Crippen molar-refractivity contribution in [3.05, 3.63) is 89.5 Å². The maximum Gasteiger partial charge on any atom is 0.251 e. The van der Waals surface area contributed by atoms with Gasteiger partial charge in [0.1, 0.15) is 0 Å². The van der Waals surface area contributed by atoms with Gasteiger partial charge in [0.25, 0.3) is 5.91 Å². The summed E-state index contributed by atoms with van der Waals surface area (Å²) in [5.41, 5.74) is 4.28. The monoisotopic (exact) mass is 402 g/mol. The number of imidazole rings is 1. The van der Waals surface area contributed by atoms with Crippen molar-refractivity contribution in [2.24, 2.45) is 5.92 Å². The van der Waals surface area contributed by atoms with E-state index in [1.165, 1.54) is 31.5 Å². The number of rotatable bonds is 7. The lowest BCUT2D eigenvalue weighted by Crippen LogP contribution is -2.33. The minimum atomic E-state index is -0.0458. The van der Waals surface area contributed by atoms with E-state index in [-0.39, 0.29) is 5.91 Å². The molecule has 2 heterocycles. The molecule has 1 atom stereocenters. The van der Waals surface area contributed by atoms with Crippen molar-refractivity contribution in [2.45, 2.75) is 39.4 Å². The third-order valence-electron chi connectivity index (χ3n) is 5.76. The smallest absolute Gasteiger partial charge is 0.251 e. The van der Waals surface area contributed by atoms with Crippen LogP contribution in [0.15, 0.2) is 67.3 Å². The molecule has 0 saturated carbocycles. The molecular formula is C25H30N4O. The normalized spacial score (nSPS) is 17.0. The number of benzene rings is 2.